The van der Waals surface area contributed by atoms with Gasteiger partial charge in [-0.15, -0.1) is 0 Å². The molecule has 0 bridgehead atoms. The standard InChI is InChI=1S/C15H14ClNO3/c1-10-3-6-15(11(2)7-10)20-9-12-4-5-13(16)8-14(12)17(18)19/h3-8H,9H2,1-2H3. The van der Waals surface area contributed by atoms with Crippen molar-refractivity contribution in [2.75, 3.05) is 0 Å². The molecule has 0 heterocycles. The van der Waals surface area contributed by atoms with Crippen LogP contribution in [-0.2, 0) is 6.61 Å². The number of nitrogens with zero attached hydrogens (tertiary/aromatic N) is 1. The van der Waals surface area contributed by atoms with Crippen molar-refractivity contribution in [3.05, 3.63) is 68.2 Å². The third-order valence-electron chi connectivity index (χ3n) is 2.96. The summed E-state index contributed by atoms with van der Waals surface area (Å²) in [6, 6.07) is 10.4. The number of rotatable bonds is 4. The molecule has 0 saturated carbocycles. The quantitative estimate of drug-likeness (QED) is 0.618. The molecule has 2 aromatic rings. The highest BCUT2D eigenvalue weighted by Crippen LogP contribution is 2.26. The van der Waals surface area contributed by atoms with Crippen LogP contribution in [-0.4, -0.2) is 4.92 Å². The van der Waals surface area contributed by atoms with E-state index in [1.54, 1.807) is 12.1 Å². The van der Waals surface area contributed by atoms with E-state index in [4.69, 9.17) is 16.3 Å². The van der Waals surface area contributed by atoms with Crippen LogP contribution in [0.25, 0.3) is 0 Å². The third kappa shape index (κ3) is 3.27. The highest BCUT2D eigenvalue weighted by Gasteiger charge is 2.15. The van der Waals surface area contributed by atoms with E-state index >= 15 is 0 Å². The van der Waals surface area contributed by atoms with Gasteiger partial charge in [0, 0.05) is 11.1 Å². The van der Waals surface area contributed by atoms with E-state index < -0.39 is 4.92 Å². The number of benzene rings is 2. The second-order valence-electron chi connectivity index (χ2n) is 4.59. The summed E-state index contributed by atoms with van der Waals surface area (Å²) in [7, 11) is 0. The van der Waals surface area contributed by atoms with E-state index in [9.17, 15) is 10.1 Å². The smallest absolute Gasteiger partial charge is 0.277 e. The summed E-state index contributed by atoms with van der Waals surface area (Å²) in [6.07, 6.45) is 0. The lowest BCUT2D eigenvalue weighted by atomic mass is 10.1. The van der Waals surface area contributed by atoms with Crippen LogP contribution in [0.5, 0.6) is 5.75 Å². The van der Waals surface area contributed by atoms with E-state index in [2.05, 4.69) is 0 Å². The average molecular weight is 292 g/mol. The molecule has 0 aliphatic carbocycles. The highest BCUT2D eigenvalue weighted by atomic mass is 35.5. The molecule has 0 radical (unpaired) electrons. The van der Waals surface area contributed by atoms with Gasteiger partial charge in [0.05, 0.1) is 10.5 Å². The van der Waals surface area contributed by atoms with Crippen LogP contribution in [0, 0.1) is 24.0 Å². The molecule has 0 saturated heterocycles. The monoisotopic (exact) mass is 291 g/mol. The van der Waals surface area contributed by atoms with Gasteiger partial charge in [-0.25, -0.2) is 0 Å². The molecule has 2 aromatic carbocycles. The first-order valence-electron chi connectivity index (χ1n) is 6.10. The van der Waals surface area contributed by atoms with Crippen molar-refractivity contribution in [3.8, 4) is 5.75 Å². The molecule has 104 valence electrons. The van der Waals surface area contributed by atoms with Crippen molar-refractivity contribution in [2.24, 2.45) is 0 Å². The Morgan fingerprint density at radius 3 is 2.60 bits per heavy atom. The van der Waals surface area contributed by atoms with Crippen molar-refractivity contribution in [3.63, 3.8) is 0 Å². The van der Waals surface area contributed by atoms with Crippen LogP contribution < -0.4 is 4.74 Å². The molecule has 0 N–H and O–H groups in total. The van der Waals surface area contributed by atoms with Gasteiger partial charge in [-0.1, -0.05) is 29.3 Å². The van der Waals surface area contributed by atoms with Gasteiger partial charge in [0.25, 0.3) is 5.69 Å². The molecule has 0 spiro atoms. The zero-order valence-electron chi connectivity index (χ0n) is 11.2. The maximum absolute atomic E-state index is 11.0. The first-order valence-corrected chi connectivity index (χ1v) is 6.48. The van der Waals surface area contributed by atoms with E-state index in [-0.39, 0.29) is 12.3 Å². The van der Waals surface area contributed by atoms with E-state index in [0.29, 0.717) is 10.6 Å². The van der Waals surface area contributed by atoms with Crippen LogP contribution in [0.2, 0.25) is 5.02 Å². The Balaban J connectivity index is 2.20. The second-order valence-corrected chi connectivity index (χ2v) is 5.02. The number of hydrogen-bond acceptors (Lipinski definition) is 3. The number of nitro groups is 1. The fourth-order valence-corrected chi connectivity index (χ4v) is 2.11. The van der Waals surface area contributed by atoms with Gasteiger partial charge < -0.3 is 4.74 Å². The number of aryl methyl sites for hydroxylation is 2. The summed E-state index contributed by atoms with van der Waals surface area (Å²) >= 11 is 5.78. The van der Waals surface area contributed by atoms with Gasteiger partial charge in [0.1, 0.15) is 12.4 Å². The zero-order chi connectivity index (χ0) is 14.7. The maximum atomic E-state index is 11.0. The number of hydrogen-bond donors (Lipinski definition) is 0. The Kier molecular flexibility index (Phi) is 4.25. The minimum atomic E-state index is -0.452. The number of nitro benzene ring substituents is 1. The highest BCUT2D eigenvalue weighted by molar-refractivity contribution is 6.30. The molecule has 0 fully saturated rings. The molecular weight excluding hydrogens is 278 g/mol. The van der Waals surface area contributed by atoms with Crippen molar-refractivity contribution in [1.82, 2.24) is 0 Å². The summed E-state index contributed by atoms with van der Waals surface area (Å²) in [5, 5.41) is 11.3. The largest absolute Gasteiger partial charge is 0.488 e. The van der Waals surface area contributed by atoms with Crippen LogP contribution in [0.1, 0.15) is 16.7 Å². The molecule has 0 amide bonds. The Morgan fingerprint density at radius 1 is 1.20 bits per heavy atom. The fraction of sp³-hybridized carbons (Fsp3) is 0.200. The molecule has 5 heteroatoms. The lowest BCUT2D eigenvalue weighted by molar-refractivity contribution is -0.385. The first-order chi connectivity index (χ1) is 9.47. The lowest BCUT2D eigenvalue weighted by Crippen LogP contribution is -2.01. The Hall–Kier alpha value is -2.07. The molecule has 0 atom stereocenters. The molecule has 0 aliphatic heterocycles. The fourth-order valence-electron chi connectivity index (χ4n) is 1.95. The van der Waals surface area contributed by atoms with Gasteiger partial charge >= 0.3 is 0 Å². The lowest BCUT2D eigenvalue weighted by Gasteiger charge is -2.10. The third-order valence-corrected chi connectivity index (χ3v) is 3.19. The van der Waals surface area contributed by atoms with Gasteiger partial charge in [-0.05, 0) is 37.6 Å². The minimum Gasteiger partial charge on any atom is -0.488 e. The summed E-state index contributed by atoms with van der Waals surface area (Å²) in [6.45, 7) is 4.08. The number of halogens is 1. The maximum Gasteiger partial charge on any atom is 0.277 e. The molecule has 2 rings (SSSR count). The van der Waals surface area contributed by atoms with E-state index in [1.165, 1.54) is 6.07 Å². The van der Waals surface area contributed by atoms with Crippen molar-refractivity contribution in [2.45, 2.75) is 20.5 Å². The van der Waals surface area contributed by atoms with E-state index in [0.717, 1.165) is 16.9 Å². The summed E-state index contributed by atoms with van der Waals surface area (Å²) in [5.74, 6) is 0.722. The minimum absolute atomic E-state index is 0.0257. The van der Waals surface area contributed by atoms with Crippen LogP contribution in [0.15, 0.2) is 36.4 Å². The van der Waals surface area contributed by atoms with Gasteiger partial charge in [0.15, 0.2) is 0 Å². The molecule has 0 aromatic heterocycles. The topological polar surface area (TPSA) is 52.4 Å². The molecule has 20 heavy (non-hydrogen) atoms. The molecule has 4 nitrogen and oxygen atoms in total. The van der Waals surface area contributed by atoms with Gasteiger partial charge in [-0.3, -0.25) is 10.1 Å². The van der Waals surface area contributed by atoms with Gasteiger partial charge in [0.2, 0.25) is 0 Å². The SMILES string of the molecule is Cc1ccc(OCc2ccc(Cl)cc2[N+](=O)[O-])c(C)c1. The molecule has 0 unspecified atom stereocenters. The predicted octanol–water partition coefficient (Wildman–Crippen LogP) is 4.44. The zero-order valence-corrected chi connectivity index (χ0v) is 12.0. The van der Waals surface area contributed by atoms with Crippen LogP contribution in [0.4, 0.5) is 5.69 Å². The normalized spacial score (nSPS) is 10.3. The molecular formula is C15H14ClNO3. The number of ether oxygens (including phenoxy) is 1. The summed E-state index contributed by atoms with van der Waals surface area (Å²) < 4.78 is 5.66. The molecule has 0 aliphatic rings. The Bertz CT molecular complexity index is 656. The van der Waals surface area contributed by atoms with Gasteiger partial charge in [-0.2, -0.15) is 0 Å². The van der Waals surface area contributed by atoms with Crippen molar-refractivity contribution < 1.29 is 9.66 Å². The van der Waals surface area contributed by atoms with Crippen molar-refractivity contribution in [1.29, 1.82) is 0 Å². The second kappa shape index (κ2) is 5.92. The Morgan fingerprint density at radius 2 is 1.95 bits per heavy atom. The average Bonchev–Trinajstić information content (AvgIpc) is 2.38. The van der Waals surface area contributed by atoms with E-state index in [1.807, 2.05) is 32.0 Å². The van der Waals surface area contributed by atoms with Crippen LogP contribution >= 0.6 is 11.6 Å². The predicted molar refractivity (Wildman–Crippen MR) is 78.4 cm³/mol. The first kappa shape index (κ1) is 14.3. The Labute approximate surface area is 122 Å². The van der Waals surface area contributed by atoms with Crippen molar-refractivity contribution >= 4 is 17.3 Å². The van der Waals surface area contributed by atoms with Crippen LogP contribution in [0.3, 0.4) is 0 Å². The summed E-state index contributed by atoms with van der Waals surface area (Å²) in [5.41, 5.74) is 2.62. The summed E-state index contributed by atoms with van der Waals surface area (Å²) in [4.78, 5) is 10.5.